The van der Waals surface area contributed by atoms with Crippen molar-refractivity contribution < 1.29 is 20.0 Å². The summed E-state index contributed by atoms with van der Waals surface area (Å²) in [5.74, 6) is 2.69. The largest absolute Gasteiger partial charge is 0.147 e. The van der Waals surface area contributed by atoms with E-state index in [9.17, 15) is 0 Å². The quantitative estimate of drug-likeness (QED) is 0.155. The molecule has 3 fully saturated rings. The van der Waals surface area contributed by atoms with Crippen molar-refractivity contribution >= 4 is 37.0 Å². The first-order valence-electron chi connectivity index (χ1n) is 20.3. The summed E-state index contributed by atoms with van der Waals surface area (Å²) in [5.41, 5.74) is 19.1. The molecule has 2 atom stereocenters. The molecule has 0 spiro atoms. The molecule has 1 aliphatic heterocycles. The zero-order valence-corrected chi connectivity index (χ0v) is 37.0. The van der Waals surface area contributed by atoms with Crippen LogP contribution in [0.15, 0.2) is 96.1 Å². The minimum atomic E-state index is -3.15. The Balaban J connectivity index is 0.00000210. The van der Waals surface area contributed by atoms with Gasteiger partial charge in [0.25, 0.3) is 0 Å². The normalized spacial score (nSPS) is 22.0. The van der Waals surface area contributed by atoms with E-state index in [1.54, 1.807) is 30.6 Å². The molecule has 0 aromatic heterocycles. The predicted octanol–water partition coefficient (Wildman–Crippen LogP) is 15.5. The van der Waals surface area contributed by atoms with Gasteiger partial charge in [-0.05, 0) is 0 Å². The van der Waals surface area contributed by atoms with Crippen molar-refractivity contribution in [3.63, 3.8) is 0 Å². The number of rotatable bonds is 8. The average Bonchev–Trinajstić information content (AvgIpc) is 3.95. The van der Waals surface area contributed by atoms with Gasteiger partial charge in [-0.2, -0.15) is 0 Å². The second-order valence-electron chi connectivity index (χ2n) is 17.4. The molecule has 0 amide bonds. The Kier molecular flexibility index (Phi) is 11.4. The van der Waals surface area contributed by atoms with Gasteiger partial charge in [0.15, 0.2) is 0 Å². The minimum absolute atomic E-state index is 0. The number of hydrogen-bond donors (Lipinski definition) is 0. The van der Waals surface area contributed by atoms with Crippen LogP contribution in [-0.2, 0) is 20.0 Å². The van der Waals surface area contributed by atoms with Crippen LogP contribution in [0.1, 0.15) is 138 Å². The van der Waals surface area contributed by atoms with Crippen LogP contribution in [0.4, 0.5) is 0 Å². The molecule has 4 aliphatic carbocycles. The molecule has 3 heteroatoms. The first-order chi connectivity index (χ1) is 24.4. The second kappa shape index (κ2) is 15.5. The van der Waals surface area contributed by atoms with Crippen LogP contribution in [0.5, 0.6) is 0 Å². The zero-order chi connectivity index (χ0) is 34.0. The van der Waals surface area contributed by atoms with E-state index in [0.717, 1.165) is 19.2 Å². The third-order valence-electron chi connectivity index (χ3n) is 14.1. The molecule has 4 aromatic carbocycles. The van der Waals surface area contributed by atoms with E-state index in [4.69, 9.17) is 0 Å². The minimum Gasteiger partial charge on any atom is -0.147 e. The molecule has 9 rings (SSSR count). The number of hydrogen-bond acceptors (Lipinski definition) is 0. The van der Waals surface area contributed by atoms with E-state index in [2.05, 4.69) is 125 Å². The fraction of sp³-hybridized carbons (Fsp3) is 0.429. The summed E-state index contributed by atoms with van der Waals surface area (Å²) in [6.45, 7) is 9.23. The molecule has 1 heterocycles. The molecule has 2 saturated carbocycles. The first-order valence-corrected chi connectivity index (χ1v) is 29.6. The van der Waals surface area contributed by atoms with Crippen LogP contribution in [0.3, 0.4) is 0 Å². The van der Waals surface area contributed by atoms with Gasteiger partial charge in [0.2, 0.25) is 0 Å². The summed E-state index contributed by atoms with van der Waals surface area (Å²) in [4.78, 5) is 0. The number of benzene rings is 4. The summed E-state index contributed by atoms with van der Waals surface area (Å²) in [5, 5.41) is 0. The Bertz CT molecular complexity index is 1810. The van der Waals surface area contributed by atoms with Crippen molar-refractivity contribution in [1.82, 2.24) is 0 Å². The molecule has 4 aromatic rings. The Labute approximate surface area is 331 Å². The van der Waals surface area contributed by atoms with Crippen molar-refractivity contribution in [2.45, 2.75) is 113 Å². The maximum atomic E-state index is 2.79. The van der Waals surface area contributed by atoms with Gasteiger partial charge in [-0.15, -0.1) is 24.8 Å². The molecule has 0 N–H and O–H groups in total. The predicted molar refractivity (Wildman–Crippen MR) is 226 cm³/mol. The molecule has 2 unspecified atom stereocenters. The van der Waals surface area contributed by atoms with Gasteiger partial charge in [-0.25, -0.2) is 0 Å². The van der Waals surface area contributed by atoms with Crippen molar-refractivity contribution in [2.24, 2.45) is 11.8 Å². The maximum absolute atomic E-state index is 3.15. The van der Waals surface area contributed by atoms with Gasteiger partial charge in [-0.3, -0.25) is 0 Å². The SMILES string of the molecule is CC(C)c1ccc(-c2cccc3c2C=C(C2CCCC2)[CH]3[Hf]2([CH]3C(C4CCCC4)=Cc4c(-c5ccc(C(C)C)cc5)cccc43)[CH2]C[CH2]2)cc1.Cl.Cl. The molecule has 5 aliphatic rings. The molecule has 52 heavy (non-hydrogen) atoms. The van der Waals surface area contributed by atoms with Gasteiger partial charge in [0, 0.05) is 0 Å². The van der Waals surface area contributed by atoms with E-state index in [1.807, 2.05) is 11.1 Å². The van der Waals surface area contributed by atoms with Crippen LogP contribution in [-0.4, -0.2) is 0 Å². The smallest absolute Gasteiger partial charge is 0.147 e. The summed E-state index contributed by atoms with van der Waals surface area (Å²) in [7, 11) is 0. The molecule has 0 nitrogen and oxygen atoms in total. The van der Waals surface area contributed by atoms with Crippen LogP contribution < -0.4 is 0 Å². The third kappa shape index (κ3) is 6.41. The van der Waals surface area contributed by atoms with Crippen molar-refractivity contribution in [2.75, 3.05) is 0 Å². The summed E-state index contributed by atoms with van der Waals surface area (Å²) in [6.07, 6.45) is 18.3. The average molecular weight is 896 g/mol. The fourth-order valence-corrected chi connectivity index (χ4v) is 34.2. The Morgan fingerprint density at radius 2 is 0.865 bits per heavy atom. The summed E-state index contributed by atoms with van der Waals surface area (Å²) < 4.78 is 4.60. The van der Waals surface area contributed by atoms with Crippen molar-refractivity contribution in [1.29, 1.82) is 0 Å². The van der Waals surface area contributed by atoms with Crippen LogP contribution in [0.25, 0.3) is 34.4 Å². The molecular formula is C49H58Cl2Hf. The molecular weight excluding hydrogens is 838 g/mol. The van der Waals surface area contributed by atoms with Gasteiger partial charge in [0.05, 0.1) is 0 Å². The van der Waals surface area contributed by atoms with Crippen LogP contribution in [0, 0.1) is 11.8 Å². The number of halogens is 2. The van der Waals surface area contributed by atoms with Gasteiger partial charge >= 0.3 is 309 Å². The van der Waals surface area contributed by atoms with Gasteiger partial charge < -0.3 is 0 Å². The maximum Gasteiger partial charge on any atom is -0.147 e. The van der Waals surface area contributed by atoms with E-state index >= 15 is 0 Å². The monoisotopic (exact) mass is 896 g/mol. The Morgan fingerprint density at radius 1 is 0.481 bits per heavy atom. The zero-order valence-electron chi connectivity index (χ0n) is 31.8. The summed E-state index contributed by atoms with van der Waals surface area (Å²) in [6, 6.07) is 34.1. The van der Waals surface area contributed by atoms with Crippen LogP contribution >= 0.6 is 24.8 Å². The molecule has 0 bridgehead atoms. The van der Waals surface area contributed by atoms with E-state index in [-0.39, 0.29) is 24.8 Å². The van der Waals surface area contributed by atoms with Gasteiger partial charge in [0.1, 0.15) is 0 Å². The van der Waals surface area contributed by atoms with E-state index in [0.29, 0.717) is 11.8 Å². The molecule has 272 valence electrons. The number of allylic oxidation sites excluding steroid dienone is 2. The Hall–Kier alpha value is -2.19. The van der Waals surface area contributed by atoms with Gasteiger partial charge in [-0.1, -0.05) is 0 Å². The molecule has 1 saturated heterocycles. The summed E-state index contributed by atoms with van der Waals surface area (Å²) >= 11 is -3.15. The van der Waals surface area contributed by atoms with Crippen LogP contribution in [0.2, 0.25) is 8.35 Å². The second-order valence-corrected chi connectivity index (χ2v) is 34.0. The third-order valence-corrected chi connectivity index (χ3v) is 36.2. The van der Waals surface area contributed by atoms with Crippen molar-refractivity contribution in [3.05, 3.63) is 129 Å². The first kappa shape index (κ1) is 38.1. The van der Waals surface area contributed by atoms with E-state index < -0.39 is 20.0 Å². The molecule has 0 radical (unpaired) electrons. The van der Waals surface area contributed by atoms with E-state index in [1.165, 1.54) is 91.2 Å². The standard InChI is InChI=1S/2C23H25.C3H6.2ClH.Hf/c2*1-16(2)17-10-12-19(13-11-17)22-9-5-8-20-14-21(15-23(20)22)18-6-3-4-7-18;1-3-2;;;/h2*5,8-16,18H,3-4,6-7H2,1-2H3;1-3H2;2*1H;. The Morgan fingerprint density at radius 3 is 1.19 bits per heavy atom. The fourth-order valence-electron chi connectivity index (χ4n) is 11.3. The number of fused-ring (bicyclic) bond motifs is 2. The topological polar surface area (TPSA) is 0 Å². The van der Waals surface area contributed by atoms with Crippen molar-refractivity contribution in [3.8, 4) is 22.3 Å².